The quantitative estimate of drug-likeness (QED) is 0.681. The van der Waals surface area contributed by atoms with E-state index >= 15 is 0 Å². The van der Waals surface area contributed by atoms with E-state index in [1.165, 1.54) is 11.3 Å². The van der Waals surface area contributed by atoms with E-state index in [2.05, 4.69) is 25.3 Å². The van der Waals surface area contributed by atoms with E-state index in [0.717, 1.165) is 32.1 Å². The van der Waals surface area contributed by atoms with Crippen molar-refractivity contribution in [2.75, 3.05) is 0 Å². The number of hydrogen-bond donors (Lipinski definition) is 0. The molecule has 0 N–H and O–H groups in total. The second-order valence-corrected chi connectivity index (χ2v) is 5.46. The zero-order valence-electron chi connectivity index (χ0n) is 11.0. The number of carbonyl (C=O) groups is 1. The molecular formula is C15H23NO. The van der Waals surface area contributed by atoms with Crippen LogP contribution in [0.25, 0.3) is 0 Å². The highest BCUT2D eigenvalue weighted by Crippen LogP contribution is 2.38. The normalized spacial score (nSPS) is 25.2. The van der Waals surface area contributed by atoms with E-state index in [1.807, 2.05) is 6.08 Å². The summed E-state index contributed by atoms with van der Waals surface area (Å²) in [7, 11) is 0. The van der Waals surface area contributed by atoms with Gasteiger partial charge in [0.15, 0.2) is 0 Å². The van der Waals surface area contributed by atoms with Crippen LogP contribution in [0.1, 0.15) is 52.4 Å². The molecule has 0 saturated carbocycles. The molecule has 1 fully saturated rings. The minimum Gasteiger partial charge on any atom is -0.313 e. The van der Waals surface area contributed by atoms with Gasteiger partial charge < -0.3 is 4.90 Å². The molecule has 0 spiro atoms. The summed E-state index contributed by atoms with van der Waals surface area (Å²) >= 11 is 0. The van der Waals surface area contributed by atoms with Crippen LogP contribution in [0.2, 0.25) is 0 Å². The first-order valence-electron chi connectivity index (χ1n) is 6.80. The van der Waals surface area contributed by atoms with Crippen molar-refractivity contribution in [3.05, 3.63) is 23.9 Å². The third kappa shape index (κ3) is 2.31. The van der Waals surface area contributed by atoms with Gasteiger partial charge in [0.05, 0.1) is 0 Å². The molecule has 0 aromatic rings. The van der Waals surface area contributed by atoms with Crippen LogP contribution in [0.4, 0.5) is 0 Å². The lowest BCUT2D eigenvalue weighted by Gasteiger charge is -2.26. The van der Waals surface area contributed by atoms with Crippen LogP contribution in [-0.4, -0.2) is 16.8 Å². The fraction of sp³-hybridized carbons (Fsp3) is 0.667. The molecule has 2 rings (SSSR count). The number of carbonyl (C=O) groups excluding carboxylic acids is 1. The van der Waals surface area contributed by atoms with Crippen LogP contribution in [0.3, 0.4) is 0 Å². The van der Waals surface area contributed by atoms with Gasteiger partial charge in [-0.15, -0.1) is 6.58 Å². The first-order chi connectivity index (χ1) is 8.15. The van der Waals surface area contributed by atoms with Crippen molar-refractivity contribution in [1.82, 2.24) is 4.90 Å². The van der Waals surface area contributed by atoms with Crippen LogP contribution in [0, 0.1) is 5.92 Å². The molecule has 2 heterocycles. The monoisotopic (exact) mass is 233 g/mol. The van der Waals surface area contributed by atoms with Crippen molar-refractivity contribution in [3.63, 3.8) is 0 Å². The van der Waals surface area contributed by atoms with E-state index in [1.54, 1.807) is 0 Å². The molecule has 0 radical (unpaired) electrons. The summed E-state index contributed by atoms with van der Waals surface area (Å²) in [5, 5.41) is 0. The fourth-order valence-electron chi connectivity index (χ4n) is 3.18. The SMILES string of the molecule is C=CCC1CCC2=C(C(C)C)CCCC(=O)N21. The average molecular weight is 233 g/mol. The van der Waals surface area contributed by atoms with Gasteiger partial charge in [0.2, 0.25) is 5.91 Å². The van der Waals surface area contributed by atoms with E-state index < -0.39 is 0 Å². The van der Waals surface area contributed by atoms with Gasteiger partial charge >= 0.3 is 0 Å². The molecule has 0 bridgehead atoms. The lowest BCUT2D eigenvalue weighted by Crippen LogP contribution is -2.33. The number of hydrogen-bond acceptors (Lipinski definition) is 1. The van der Waals surface area contributed by atoms with E-state index in [4.69, 9.17) is 0 Å². The summed E-state index contributed by atoms with van der Waals surface area (Å²) in [4.78, 5) is 14.3. The van der Waals surface area contributed by atoms with Crippen molar-refractivity contribution >= 4 is 5.91 Å². The highest BCUT2D eigenvalue weighted by atomic mass is 16.2. The Balaban J connectivity index is 2.34. The summed E-state index contributed by atoms with van der Waals surface area (Å²) in [6.07, 6.45) is 7.92. The molecule has 1 amide bonds. The second kappa shape index (κ2) is 5.07. The molecule has 2 nitrogen and oxygen atoms in total. The largest absolute Gasteiger partial charge is 0.313 e. The topological polar surface area (TPSA) is 20.3 Å². The van der Waals surface area contributed by atoms with Crippen LogP contribution >= 0.6 is 0 Å². The molecule has 0 aromatic carbocycles. The van der Waals surface area contributed by atoms with E-state index in [9.17, 15) is 4.79 Å². The maximum Gasteiger partial charge on any atom is 0.227 e. The van der Waals surface area contributed by atoms with Gasteiger partial charge in [0.1, 0.15) is 0 Å². The van der Waals surface area contributed by atoms with E-state index in [-0.39, 0.29) is 0 Å². The summed E-state index contributed by atoms with van der Waals surface area (Å²) in [5.74, 6) is 0.904. The molecule has 0 aromatic heterocycles. The zero-order valence-corrected chi connectivity index (χ0v) is 11.0. The highest BCUT2D eigenvalue weighted by Gasteiger charge is 2.35. The lowest BCUT2D eigenvalue weighted by atomic mass is 9.95. The Hall–Kier alpha value is -1.05. The molecule has 1 unspecified atom stereocenters. The molecule has 1 saturated heterocycles. The standard InChI is InChI=1S/C15H23NO/c1-4-6-12-9-10-14-13(11(2)3)7-5-8-15(17)16(12)14/h4,11-12H,1,5-10H2,2-3H3. The van der Waals surface area contributed by atoms with Gasteiger partial charge in [-0.1, -0.05) is 19.9 Å². The summed E-state index contributed by atoms with van der Waals surface area (Å²) in [6, 6.07) is 0.377. The maximum absolute atomic E-state index is 12.2. The van der Waals surface area contributed by atoms with Gasteiger partial charge in [-0.05, 0) is 43.6 Å². The van der Waals surface area contributed by atoms with Crippen LogP contribution in [-0.2, 0) is 4.79 Å². The second-order valence-electron chi connectivity index (χ2n) is 5.46. The minimum atomic E-state index is 0.333. The predicted octanol–water partition coefficient (Wildman–Crippen LogP) is 3.65. The van der Waals surface area contributed by atoms with Crippen LogP contribution in [0.5, 0.6) is 0 Å². The lowest BCUT2D eigenvalue weighted by molar-refractivity contribution is -0.130. The maximum atomic E-state index is 12.2. The van der Waals surface area contributed by atoms with Gasteiger partial charge in [0.25, 0.3) is 0 Å². The smallest absolute Gasteiger partial charge is 0.227 e. The molecule has 94 valence electrons. The Morgan fingerprint density at radius 1 is 1.41 bits per heavy atom. The molecule has 0 aliphatic carbocycles. The van der Waals surface area contributed by atoms with Gasteiger partial charge in [-0.3, -0.25) is 4.79 Å². The van der Waals surface area contributed by atoms with Crippen molar-refractivity contribution in [3.8, 4) is 0 Å². The Kier molecular flexibility index (Phi) is 3.70. The van der Waals surface area contributed by atoms with Crippen molar-refractivity contribution in [2.24, 2.45) is 5.92 Å². The third-order valence-corrected chi connectivity index (χ3v) is 3.98. The molecule has 2 aliphatic heterocycles. The molecule has 17 heavy (non-hydrogen) atoms. The number of rotatable bonds is 3. The van der Waals surface area contributed by atoms with Gasteiger partial charge in [-0.25, -0.2) is 0 Å². The van der Waals surface area contributed by atoms with Crippen molar-refractivity contribution in [2.45, 2.75) is 58.4 Å². The van der Waals surface area contributed by atoms with Crippen LogP contribution < -0.4 is 0 Å². The molecule has 1 atom stereocenters. The van der Waals surface area contributed by atoms with E-state index in [0.29, 0.717) is 24.3 Å². The van der Waals surface area contributed by atoms with Gasteiger partial charge in [0, 0.05) is 18.2 Å². The first kappa shape index (κ1) is 12.4. The minimum absolute atomic E-state index is 0.333. The first-order valence-corrected chi connectivity index (χ1v) is 6.80. The zero-order chi connectivity index (χ0) is 12.4. The number of amides is 1. The Labute approximate surface area is 104 Å². The summed E-state index contributed by atoms with van der Waals surface area (Å²) in [5.41, 5.74) is 2.86. The predicted molar refractivity (Wildman–Crippen MR) is 70.4 cm³/mol. The Morgan fingerprint density at radius 2 is 2.18 bits per heavy atom. The summed E-state index contributed by atoms with van der Waals surface area (Å²) < 4.78 is 0. The molecular weight excluding hydrogens is 210 g/mol. The summed E-state index contributed by atoms with van der Waals surface area (Å²) in [6.45, 7) is 8.30. The number of nitrogens with zero attached hydrogens (tertiary/aromatic N) is 1. The van der Waals surface area contributed by atoms with Gasteiger partial charge in [-0.2, -0.15) is 0 Å². The van der Waals surface area contributed by atoms with Crippen molar-refractivity contribution < 1.29 is 4.79 Å². The van der Waals surface area contributed by atoms with Crippen LogP contribution in [0.15, 0.2) is 23.9 Å². The molecule has 2 aliphatic rings. The molecule has 2 heteroatoms. The third-order valence-electron chi connectivity index (χ3n) is 3.98. The number of fused-ring (bicyclic) bond motifs is 1. The Bertz CT molecular complexity index is 354. The van der Waals surface area contributed by atoms with Crippen molar-refractivity contribution in [1.29, 1.82) is 0 Å². The Morgan fingerprint density at radius 3 is 2.82 bits per heavy atom. The average Bonchev–Trinajstić information content (AvgIpc) is 2.60. The highest BCUT2D eigenvalue weighted by molar-refractivity contribution is 5.79. The number of allylic oxidation sites excluding steroid dienone is 2. The fourth-order valence-corrected chi connectivity index (χ4v) is 3.18.